The molecule has 11 atom stereocenters. The van der Waals surface area contributed by atoms with Gasteiger partial charge in [-0.05, 0) is 105 Å². The first-order valence-electron chi connectivity index (χ1n) is 13.4. The third-order valence-corrected chi connectivity index (χ3v) is 12.1. The summed E-state index contributed by atoms with van der Waals surface area (Å²) in [7, 11) is 0. The molecular formula is C28H46O4. The molecule has 5 rings (SSSR count). The van der Waals surface area contributed by atoms with Gasteiger partial charge in [-0.2, -0.15) is 0 Å². The maximum atomic E-state index is 12.5. The molecule has 4 heteroatoms. The zero-order valence-corrected chi connectivity index (χ0v) is 21.2. The molecule has 1 aliphatic heterocycles. The summed E-state index contributed by atoms with van der Waals surface area (Å²) in [6.07, 6.45) is 8.89. The van der Waals surface area contributed by atoms with Crippen molar-refractivity contribution in [2.75, 3.05) is 0 Å². The third-order valence-electron chi connectivity index (χ3n) is 12.1. The van der Waals surface area contributed by atoms with Crippen LogP contribution >= 0.6 is 0 Å². The molecule has 2 N–H and O–H groups in total. The number of ether oxygens (including phenoxy) is 1. The summed E-state index contributed by atoms with van der Waals surface area (Å²) in [5, 5.41) is 22.2. The van der Waals surface area contributed by atoms with Gasteiger partial charge < -0.3 is 14.9 Å². The van der Waals surface area contributed by atoms with Crippen LogP contribution in [0.15, 0.2) is 0 Å². The van der Waals surface area contributed by atoms with E-state index in [0.717, 1.165) is 44.9 Å². The molecule has 1 heterocycles. The van der Waals surface area contributed by atoms with Crippen molar-refractivity contribution < 1.29 is 19.7 Å². The summed E-state index contributed by atoms with van der Waals surface area (Å²) in [4.78, 5) is 12.5. The smallest absolute Gasteiger partial charge is 0.136 e. The second-order valence-corrected chi connectivity index (χ2v) is 13.7. The molecule has 4 aliphatic carbocycles. The monoisotopic (exact) mass is 446 g/mol. The molecule has 4 nitrogen and oxygen atoms in total. The molecule has 1 saturated heterocycles. The zero-order chi connectivity index (χ0) is 23.3. The number of hydrogen-bond acceptors (Lipinski definition) is 4. The molecule has 10 unspecified atom stereocenters. The highest BCUT2D eigenvalue weighted by atomic mass is 16.5. The van der Waals surface area contributed by atoms with Crippen LogP contribution in [0.4, 0.5) is 0 Å². The molecule has 0 amide bonds. The molecule has 0 bridgehead atoms. The summed E-state index contributed by atoms with van der Waals surface area (Å²) in [6.45, 7) is 13.4. The molecule has 5 fully saturated rings. The lowest BCUT2D eigenvalue weighted by Gasteiger charge is -2.68. The number of aliphatic hydroxyl groups excluding tert-OH is 1. The van der Waals surface area contributed by atoms with Crippen molar-refractivity contribution in [2.24, 2.45) is 45.8 Å². The van der Waals surface area contributed by atoms with Crippen LogP contribution in [0.3, 0.4) is 0 Å². The van der Waals surface area contributed by atoms with E-state index in [9.17, 15) is 15.0 Å². The van der Waals surface area contributed by atoms with E-state index >= 15 is 0 Å². The van der Waals surface area contributed by atoms with E-state index in [1.807, 2.05) is 13.8 Å². The Morgan fingerprint density at radius 1 is 1.00 bits per heavy atom. The van der Waals surface area contributed by atoms with Crippen molar-refractivity contribution >= 4 is 5.78 Å². The SMILES string of the molecule is CC1C(=O)CCC2(C)C1CCC1(C)C2CC(O)C2C(C3CCC(C(C)(C)O)O3)CC[C@]21C. The fourth-order valence-corrected chi connectivity index (χ4v) is 10.1. The van der Waals surface area contributed by atoms with Crippen LogP contribution in [-0.4, -0.2) is 39.9 Å². The summed E-state index contributed by atoms with van der Waals surface area (Å²) in [5.41, 5.74) is -0.343. The van der Waals surface area contributed by atoms with Gasteiger partial charge in [-0.25, -0.2) is 0 Å². The Morgan fingerprint density at radius 2 is 1.69 bits per heavy atom. The van der Waals surface area contributed by atoms with Crippen LogP contribution in [0, 0.1) is 45.8 Å². The van der Waals surface area contributed by atoms with E-state index < -0.39 is 5.60 Å². The van der Waals surface area contributed by atoms with Gasteiger partial charge in [-0.3, -0.25) is 4.79 Å². The summed E-state index contributed by atoms with van der Waals surface area (Å²) >= 11 is 0. The maximum absolute atomic E-state index is 12.5. The van der Waals surface area contributed by atoms with Crippen LogP contribution in [0.1, 0.15) is 99.3 Å². The van der Waals surface area contributed by atoms with Crippen molar-refractivity contribution in [2.45, 2.75) is 123 Å². The number of rotatable bonds is 2. The van der Waals surface area contributed by atoms with Crippen molar-refractivity contribution in [1.82, 2.24) is 0 Å². The normalized spacial score (nSPS) is 55.9. The lowest BCUT2D eigenvalue weighted by atomic mass is 9.36. The average Bonchev–Trinajstić information content (AvgIpc) is 3.33. The van der Waals surface area contributed by atoms with Gasteiger partial charge in [0.2, 0.25) is 0 Å². The largest absolute Gasteiger partial charge is 0.393 e. The number of Topliss-reactive ketones (excluding diaryl/α,β-unsaturated/α-hetero) is 1. The van der Waals surface area contributed by atoms with Gasteiger partial charge in [0.05, 0.1) is 23.9 Å². The number of hydrogen-bond donors (Lipinski definition) is 2. The molecule has 0 aromatic rings. The average molecular weight is 447 g/mol. The standard InChI is InChI=1S/C28H46O4/c1-16-18-10-14-27(5)22(26(18,4)12-11-19(16)29)15-20(30)24-17(9-13-28(24,27)6)21-7-8-23(32-21)25(2,3)31/h16-18,20-24,30-31H,7-15H2,1-6H3/t16?,17?,18?,20?,21?,22?,23?,24?,26?,27?,28-/m1/s1. The molecule has 32 heavy (non-hydrogen) atoms. The minimum atomic E-state index is -0.805. The van der Waals surface area contributed by atoms with Crippen molar-refractivity contribution in [3.63, 3.8) is 0 Å². The highest BCUT2D eigenvalue weighted by molar-refractivity contribution is 5.82. The van der Waals surface area contributed by atoms with Gasteiger partial charge in [-0.1, -0.05) is 27.7 Å². The van der Waals surface area contributed by atoms with Crippen LogP contribution in [0.25, 0.3) is 0 Å². The highest BCUT2D eigenvalue weighted by Gasteiger charge is 2.70. The van der Waals surface area contributed by atoms with E-state index in [-0.39, 0.29) is 46.4 Å². The zero-order valence-electron chi connectivity index (χ0n) is 21.2. The molecule has 5 aliphatic rings. The Hall–Kier alpha value is -0.450. The molecule has 0 spiro atoms. The van der Waals surface area contributed by atoms with E-state index in [1.54, 1.807) is 0 Å². The molecule has 4 saturated carbocycles. The molecule has 0 radical (unpaired) electrons. The first-order chi connectivity index (χ1) is 14.8. The number of carbonyl (C=O) groups is 1. The van der Waals surface area contributed by atoms with Crippen LogP contribution in [-0.2, 0) is 9.53 Å². The van der Waals surface area contributed by atoms with Gasteiger partial charge in [0, 0.05) is 12.3 Å². The fraction of sp³-hybridized carbons (Fsp3) is 0.964. The first kappa shape index (κ1) is 23.3. The van der Waals surface area contributed by atoms with Crippen LogP contribution in [0.2, 0.25) is 0 Å². The Labute approximate surface area is 194 Å². The molecule has 182 valence electrons. The quantitative estimate of drug-likeness (QED) is 0.616. The minimum absolute atomic E-state index is 0.0981. The van der Waals surface area contributed by atoms with Crippen molar-refractivity contribution in [3.8, 4) is 0 Å². The Bertz CT molecular complexity index is 772. The van der Waals surface area contributed by atoms with E-state index in [1.165, 1.54) is 6.42 Å². The van der Waals surface area contributed by atoms with Crippen molar-refractivity contribution in [3.05, 3.63) is 0 Å². The van der Waals surface area contributed by atoms with Gasteiger partial charge in [0.25, 0.3) is 0 Å². The topological polar surface area (TPSA) is 66.8 Å². The first-order valence-corrected chi connectivity index (χ1v) is 13.4. The van der Waals surface area contributed by atoms with Gasteiger partial charge >= 0.3 is 0 Å². The summed E-state index contributed by atoms with van der Waals surface area (Å²) in [5.74, 6) is 2.24. The number of fused-ring (bicyclic) bond motifs is 5. The Balaban J connectivity index is 1.44. The Morgan fingerprint density at radius 3 is 2.34 bits per heavy atom. The fourth-order valence-electron chi connectivity index (χ4n) is 10.1. The summed E-state index contributed by atoms with van der Waals surface area (Å²) in [6, 6.07) is 0. The maximum Gasteiger partial charge on any atom is 0.136 e. The second-order valence-electron chi connectivity index (χ2n) is 13.7. The number of aliphatic hydroxyl groups is 2. The second kappa shape index (κ2) is 7.28. The van der Waals surface area contributed by atoms with Gasteiger partial charge in [-0.15, -0.1) is 0 Å². The van der Waals surface area contributed by atoms with E-state index in [0.29, 0.717) is 30.0 Å². The highest BCUT2D eigenvalue weighted by Crippen LogP contribution is 2.74. The predicted octanol–water partition coefficient (Wildman–Crippen LogP) is 5.14. The van der Waals surface area contributed by atoms with E-state index in [4.69, 9.17) is 4.74 Å². The molecule has 0 aromatic carbocycles. The molecule has 0 aromatic heterocycles. The lowest BCUT2D eigenvalue weighted by molar-refractivity contribution is -0.222. The lowest BCUT2D eigenvalue weighted by Crippen LogP contribution is -2.64. The third kappa shape index (κ3) is 3.00. The Kier molecular flexibility index (Phi) is 5.30. The van der Waals surface area contributed by atoms with Gasteiger partial charge in [0.15, 0.2) is 0 Å². The number of ketones is 1. The summed E-state index contributed by atoms with van der Waals surface area (Å²) < 4.78 is 6.45. The van der Waals surface area contributed by atoms with Crippen molar-refractivity contribution in [1.29, 1.82) is 0 Å². The molecular weight excluding hydrogens is 400 g/mol. The predicted molar refractivity (Wildman–Crippen MR) is 125 cm³/mol. The minimum Gasteiger partial charge on any atom is -0.393 e. The van der Waals surface area contributed by atoms with Gasteiger partial charge in [0.1, 0.15) is 5.78 Å². The van der Waals surface area contributed by atoms with Crippen LogP contribution in [0.5, 0.6) is 0 Å². The van der Waals surface area contributed by atoms with E-state index in [2.05, 4.69) is 27.7 Å². The number of carbonyl (C=O) groups excluding carboxylic acids is 1. The van der Waals surface area contributed by atoms with Crippen LogP contribution < -0.4 is 0 Å².